The molecule has 5 nitrogen and oxygen atoms in total. The zero-order valence-electron chi connectivity index (χ0n) is 13.6. The lowest BCUT2D eigenvalue weighted by Gasteiger charge is -2.15. The van der Waals surface area contributed by atoms with Crippen LogP contribution in [-0.4, -0.2) is 16.8 Å². The number of aromatic nitrogens is 1. The fraction of sp³-hybridized carbons (Fsp3) is 0.353. The van der Waals surface area contributed by atoms with Crippen molar-refractivity contribution < 1.29 is 9.59 Å². The van der Waals surface area contributed by atoms with Gasteiger partial charge in [0.1, 0.15) is 5.69 Å². The Bertz CT molecular complexity index is 699. The molecule has 2 aromatic heterocycles. The maximum Gasteiger partial charge on any atom is 0.267 e. The van der Waals surface area contributed by atoms with E-state index in [-0.39, 0.29) is 23.4 Å². The van der Waals surface area contributed by atoms with Crippen LogP contribution in [0.5, 0.6) is 0 Å². The van der Waals surface area contributed by atoms with E-state index in [1.807, 2.05) is 0 Å². The zero-order chi connectivity index (χ0) is 17.0. The van der Waals surface area contributed by atoms with Crippen LogP contribution in [0.3, 0.4) is 0 Å². The van der Waals surface area contributed by atoms with Crippen LogP contribution in [0.1, 0.15) is 46.6 Å². The molecule has 2 rings (SSSR count). The van der Waals surface area contributed by atoms with Gasteiger partial charge in [-0.2, -0.15) is 0 Å². The van der Waals surface area contributed by atoms with Crippen molar-refractivity contribution in [3.05, 3.63) is 51.5 Å². The molecule has 0 aromatic carbocycles. The number of primary amides is 1. The molecule has 6 heteroatoms. The number of carbonyl (C=O) groups excluding carboxylic acids is 2. The van der Waals surface area contributed by atoms with Crippen molar-refractivity contribution in [2.24, 2.45) is 5.73 Å². The maximum absolute atomic E-state index is 12.0. The third-order valence-electron chi connectivity index (χ3n) is 3.30. The van der Waals surface area contributed by atoms with E-state index in [9.17, 15) is 9.59 Å². The van der Waals surface area contributed by atoms with Gasteiger partial charge in [0.2, 0.25) is 5.91 Å². The summed E-state index contributed by atoms with van der Waals surface area (Å²) in [4.78, 5) is 29.3. The Morgan fingerprint density at radius 3 is 2.48 bits per heavy atom. The van der Waals surface area contributed by atoms with Crippen molar-refractivity contribution in [2.75, 3.05) is 0 Å². The predicted octanol–water partition coefficient (Wildman–Crippen LogP) is 2.40. The van der Waals surface area contributed by atoms with E-state index in [1.165, 1.54) is 17.1 Å². The van der Waals surface area contributed by atoms with Crippen molar-refractivity contribution in [1.29, 1.82) is 0 Å². The summed E-state index contributed by atoms with van der Waals surface area (Å²) in [5, 5.41) is 2.90. The van der Waals surface area contributed by atoms with Gasteiger partial charge in [-0.05, 0) is 29.2 Å². The van der Waals surface area contributed by atoms with E-state index >= 15 is 0 Å². The fourth-order valence-electron chi connectivity index (χ4n) is 1.98. The van der Waals surface area contributed by atoms with E-state index in [1.54, 1.807) is 17.4 Å². The first-order valence-corrected chi connectivity index (χ1v) is 8.18. The number of rotatable bonds is 5. The molecule has 0 aliphatic rings. The summed E-state index contributed by atoms with van der Waals surface area (Å²) >= 11 is 1.71. The highest BCUT2D eigenvalue weighted by Crippen LogP contribution is 2.29. The van der Waals surface area contributed by atoms with E-state index < -0.39 is 5.91 Å². The first kappa shape index (κ1) is 17.1. The topological polar surface area (TPSA) is 85.1 Å². The lowest BCUT2D eigenvalue weighted by Crippen LogP contribution is -2.24. The first-order valence-electron chi connectivity index (χ1n) is 7.36. The highest BCUT2D eigenvalue weighted by molar-refractivity contribution is 7.12. The number of pyridine rings is 1. The van der Waals surface area contributed by atoms with Crippen LogP contribution in [0.4, 0.5) is 0 Å². The number of amides is 2. The molecule has 3 N–H and O–H groups in total. The Balaban J connectivity index is 1.87. The molecule has 0 aliphatic carbocycles. The molecule has 0 radical (unpaired) electrons. The summed E-state index contributed by atoms with van der Waals surface area (Å²) in [6, 6.07) is 7.38. The van der Waals surface area contributed by atoms with Gasteiger partial charge >= 0.3 is 0 Å². The molecule has 23 heavy (non-hydrogen) atoms. The zero-order valence-corrected chi connectivity index (χ0v) is 14.4. The maximum atomic E-state index is 12.0. The summed E-state index contributed by atoms with van der Waals surface area (Å²) in [5.41, 5.74) is 6.20. The highest BCUT2D eigenvalue weighted by Gasteiger charge is 2.16. The molecule has 0 saturated carbocycles. The van der Waals surface area contributed by atoms with Crippen molar-refractivity contribution in [3.8, 4) is 0 Å². The normalized spacial score (nSPS) is 11.3. The summed E-state index contributed by atoms with van der Waals surface area (Å²) in [7, 11) is 0. The second-order valence-electron chi connectivity index (χ2n) is 6.39. The van der Waals surface area contributed by atoms with Crippen molar-refractivity contribution >= 4 is 23.2 Å². The molecule has 2 aromatic rings. The van der Waals surface area contributed by atoms with Gasteiger partial charge in [0.15, 0.2) is 0 Å². The molecule has 122 valence electrons. The van der Waals surface area contributed by atoms with Crippen LogP contribution in [0.25, 0.3) is 0 Å². The Labute approximate surface area is 139 Å². The number of nitrogens with one attached hydrogen (secondary N) is 1. The minimum Gasteiger partial charge on any atom is -0.364 e. The van der Waals surface area contributed by atoms with E-state index in [2.05, 4.69) is 43.2 Å². The third kappa shape index (κ3) is 4.89. The molecule has 2 heterocycles. The lowest BCUT2D eigenvalue weighted by molar-refractivity contribution is -0.120. The Hall–Kier alpha value is -2.21. The minimum atomic E-state index is -0.576. The van der Waals surface area contributed by atoms with Crippen molar-refractivity contribution in [1.82, 2.24) is 10.3 Å². The van der Waals surface area contributed by atoms with Gasteiger partial charge in [-0.15, -0.1) is 11.3 Å². The van der Waals surface area contributed by atoms with Crippen LogP contribution in [0.2, 0.25) is 0 Å². The molecule has 0 aliphatic heterocycles. The Kier molecular flexibility index (Phi) is 5.15. The van der Waals surface area contributed by atoms with Crippen molar-refractivity contribution in [2.45, 2.75) is 39.2 Å². The van der Waals surface area contributed by atoms with Crippen LogP contribution in [0.15, 0.2) is 30.5 Å². The van der Waals surface area contributed by atoms with E-state index in [0.29, 0.717) is 6.54 Å². The molecule has 2 amide bonds. The fourth-order valence-corrected chi connectivity index (χ4v) is 2.99. The molecule has 0 saturated heterocycles. The van der Waals surface area contributed by atoms with Crippen LogP contribution >= 0.6 is 11.3 Å². The Morgan fingerprint density at radius 1 is 1.22 bits per heavy atom. The summed E-state index contributed by atoms with van der Waals surface area (Å²) in [6.45, 7) is 7.03. The minimum absolute atomic E-state index is 0.0793. The van der Waals surface area contributed by atoms with Crippen LogP contribution in [-0.2, 0) is 23.2 Å². The van der Waals surface area contributed by atoms with Gasteiger partial charge in [-0.3, -0.25) is 14.6 Å². The standard InChI is InChI=1S/C17H21N3O2S/c1-17(2,3)14-7-5-12(23-14)10-20-15(21)8-11-4-6-13(16(18)22)19-9-11/h4-7,9H,8,10H2,1-3H3,(H2,18,22)(H,20,21). The molecule has 0 fully saturated rings. The highest BCUT2D eigenvalue weighted by atomic mass is 32.1. The predicted molar refractivity (Wildman–Crippen MR) is 91.3 cm³/mol. The monoisotopic (exact) mass is 331 g/mol. The molecular weight excluding hydrogens is 310 g/mol. The second kappa shape index (κ2) is 6.91. The number of thiophene rings is 1. The summed E-state index contributed by atoms with van der Waals surface area (Å²) < 4.78 is 0. The van der Waals surface area contributed by atoms with Gasteiger partial charge in [-0.25, -0.2) is 0 Å². The number of hydrogen-bond acceptors (Lipinski definition) is 4. The number of nitrogens with two attached hydrogens (primary N) is 1. The lowest BCUT2D eigenvalue weighted by atomic mass is 9.95. The largest absolute Gasteiger partial charge is 0.364 e. The summed E-state index contributed by atoms with van der Waals surface area (Å²) in [6.07, 6.45) is 1.73. The average Bonchev–Trinajstić information content (AvgIpc) is 2.95. The smallest absolute Gasteiger partial charge is 0.267 e. The van der Waals surface area contributed by atoms with Gasteiger partial charge in [0.05, 0.1) is 13.0 Å². The molecule has 0 atom stereocenters. The molecule has 0 unspecified atom stereocenters. The number of hydrogen-bond donors (Lipinski definition) is 2. The quantitative estimate of drug-likeness (QED) is 0.882. The van der Waals surface area contributed by atoms with Crippen molar-refractivity contribution in [3.63, 3.8) is 0 Å². The molecule has 0 bridgehead atoms. The van der Waals surface area contributed by atoms with Crippen LogP contribution in [0, 0.1) is 0 Å². The summed E-state index contributed by atoms with van der Waals surface area (Å²) in [5.74, 6) is -0.655. The van der Waals surface area contributed by atoms with E-state index in [0.717, 1.165) is 10.4 Å². The third-order valence-corrected chi connectivity index (χ3v) is 4.81. The van der Waals surface area contributed by atoms with Gasteiger partial charge in [0, 0.05) is 16.0 Å². The van der Waals surface area contributed by atoms with Gasteiger partial charge in [0.25, 0.3) is 5.91 Å². The van der Waals surface area contributed by atoms with Gasteiger partial charge < -0.3 is 11.1 Å². The van der Waals surface area contributed by atoms with Crippen LogP contribution < -0.4 is 11.1 Å². The Morgan fingerprint density at radius 2 is 1.96 bits per heavy atom. The number of nitrogens with zero attached hydrogens (tertiary/aromatic N) is 1. The SMILES string of the molecule is CC(C)(C)c1ccc(CNC(=O)Cc2ccc(C(N)=O)nc2)s1. The van der Waals surface area contributed by atoms with E-state index in [4.69, 9.17) is 5.73 Å². The molecule has 0 spiro atoms. The first-order chi connectivity index (χ1) is 10.8. The average molecular weight is 331 g/mol. The van der Waals surface area contributed by atoms with Gasteiger partial charge in [-0.1, -0.05) is 26.8 Å². The number of carbonyl (C=O) groups is 2. The second-order valence-corrected chi connectivity index (χ2v) is 7.55. The molecular formula is C17H21N3O2S.